The molecule has 0 fully saturated rings. The summed E-state index contributed by atoms with van der Waals surface area (Å²) in [5.41, 5.74) is 2.98. The molecule has 0 heterocycles. The Morgan fingerprint density at radius 2 is 1.82 bits per heavy atom. The lowest BCUT2D eigenvalue weighted by atomic mass is 10.1. The Hall–Kier alpha value is -2.54. The maximum atomic E-state index is 11.7. The summed E-state index contributed by atoms with van der Waals surface area (Å²) >= 11 is 0. The van der Waals surface area contributed by atoms with Crippen LogP contribution in [0, 0.1) is 6.92 Å². The van der Waals surface area contributed by atoms with Gasteiger partial charge in [-0.1, -0.05) is 30.3 Å². The van der Waals surface area contributed by atoms with Gasteiger partial charge < -0.3 is 15.5 Å². The highest BCUT2D eigenvalue weighted by Crippen LogP contribution is 2.16. The zero-order valence-corrected chi connectivity index (χ0v) is 17.9. The van der Waals surface area contributed by atoms with Gasteiger partial charge in [0.2, 0.25) is 0 Å². The van der Waals surface area contributed by atoms with Crippen molar-refractivity contribution in [3.8, 4) is 0 Å². The summed E-state index contributed by atoms with van der Waals surface area (Å²) in [7, 11) is 0.639. The Bertz CT molecular complexity index is 896. The van der Waals surface area contributed by atoms with E-state index < -0.39 is 9.84 Å². The Morgan fingerprint density at radius 1 is 1.11 bits per heavy atom. The van der Waals surface area contributed by atoms with Crippen LogP contribution in [-0.2, 0) is 16.4 Å². The molecule has 2 rings (SSSR count). The Morgan fingerprint density at radius 3 is 2.43 bits per heavy atom. The van der Waals surface area contributed by atoms with Crippen LogP contribution in [0.5, 0.6) is 0 Å². The molecule has 0 aliphatic heterocycles. The third-order valence-electron chi connectivity index (χ3n) is 4.48. The number of benzene rings is 2. The minimum atomic E-state index is -3.19. The maximum Gasteiger partial charge on any atom is 0.191 e. The highest BCUT2D eigenvalue weighted by molar-refractivity contribution is 7.90. The van der Waals surface area contributed by atoms with E-state index in [1.165, 1.54) is 11.9 Å². The molecule has 0 aliphatic rings. The molecule has 0 saturated heterocycles. The van der Waals surface area contributed by atoms with Gasteiger partial charge in [0.05, 0.1) is 4.90 Å². The molecule has 2 aromatic carbocycles. The fraction of sp³-hybridized carbons (Fsp3) is 0.381. The first kappa shape index (κ1) is 21.8. The van der Waals surface area contributed by atoms with E-state index >= 15 is 0 Å². The zero-order valence-electron chi connectivity index (χ0n) is 17.1. The number of nitrogens with one attached hydrogen (secondary N) is 2. The molecule has 28 heavy (non-hydrogen) atoms. The standard InChI is InChI=1S/C21H30N4O2S/c1-17-15-18(11-12-20(17)28(4,26)27)16-24-21(22-2)23-13-8-14-25(3)19-9-6-5-7-10-19/h5-7,9-12,15H,8,13-14,16H2,1-4H3,(H2,22,23,24). The van der Waals surface area contributed by atoms with Crippen LogP contribution in [0.1, 0.15) is 17.5 Å². The first-order valence-corrected chi connectivity index (χ1v) is 11.2. The van der Waals surface area contributed by atoms with Crippen molar-refractivity contribution in [2.45, 2.75) is 24.8 Å². The lowest BCUT2D eigenvalue weighted by Gasteiger charge is -2.19. The van der Waals surface area contributed by atoms with Crippen LogP contribution in [0.15, 0.2) is 58.4 Å². The minimum Gasteiger partial charge on any atom is -0.375 e. The summed E-state index contributed by atoms with van der Waals surface area (Å²) in [6, 6.07) is 15.7. The van der Waals surface area contributed by atoms with Crippen molar-refractivity contribution < 1.29 is 8.42 Å². The monoisotopic (exact) mass is 402 g/mol. The number of nitrogens with zero attached hydrogens (tertiary/aromatic N) is 2. The topological polar surface area (TPSA) is 73.8 Å². The molecular weight excluding hydrogens is 372 g/mol. The summed E-state index contributed by atoms with van der Waals surface area (Å²) in [5.74, 6) is 0.729. The molecule has 0 atom stereocenters. The van der Waals surface area contributed by atoms with Gasteiger partial charge >= 0.3 is 0 Å². The number of para-hydroxylation sites is 1. The lowest BCUT2D eigenvalue weighted by Crippen LogP contribution is -2.38. The molecule has 152 valence electrons. The maximum absolute atomic E-state index is 11.7. The Labute approximate surface area is 168 Å². The SMILES string of the molecule is CN=C(NCCCN(C)c1ccccc1)NCc1ccc(S(C)(=O)=O)c(C)c1. The summed E-state index contributed by atoms with van der Waals surface area (Å²) in [5, 5.41) is 6.58. The van der Waals surface area contributed by atoms with Crippen LogP contribution >= 0.6 is 0 Å². The number of sulfone groups is 1. The van der Waals surface area contributed by atoms with Gasteiger partial charge in [-0.2, -0.15) is 0 Å². The van der Waals surface area contributed by atoms with Crippen LogP contribution in [0.2, 0.25) is 0 Å². The van der Waals surface area contributed by atoms with Crippen LogP contribution in [0.25, 0.3) is 0 Å². The molecule has 6 nitrogen and oxygen atoms in total. The molecule has 0 aromatic heterocycles. The Kier molecular flexibility index (Phi) is 7.87. The molecule has 0 aliphatic carbocycles. The molecule has 0 unspecified atom stereocenters. The first-order valence-electron chi connectivity index (χ1n) is 9.31. The zero-order chi connectivity index (χ0) is 20.6. The van der Waals surface area contributed by atoms with E-state index in [-0.39, 0.29) is 0 Å². The summed E-state index contributed by atoms with van der Waals surface area (Å²) in [4.78, 5) is 6.84. The van der Waals surface area contributed by atoms with Crippen molar-refractivity contribution in [2.24, 2.45) is 4.99 Å². The Balaban J connectivity index is 1.78. The van der Waals surface area contributed by atoms with Gasteiger partial charge in [0.15, 0.2) is 15.8 Å². The number of anilines is 1. The van der Waals surface area contributed by atoms with E-state index in [2.05, 4.69) is 39.7 Å². The summed E-state index contributed by atoms with van der Waals surface area (Å²) < 4.78 is 23.4. The smallest absolute Gasteiger partial charge is 0.191 e. The molecular formula is C21H30N4O2S. The second-order valence-electron chi connectivity index (χ2n) is 6.84. The average molecular weight is 403 g/mol. The number of hydrogen-bond donors (Lipinski definition) is 2. The van der Waals surface area contributed by atoms with Gasteiger partial charge in [0.1, 0.15) is 0 Å². The number of hydrogen-bond acceptors (Lipinski definition) is 4. The number of aliphatic imine (C=N–C) groups is 1. The number of rotatable bonds is 8. The van der Waals surface area contributed by atoms with E-state index in [0.29, 0.717) is 11.4 Å². The van der Waals surface area contributed by atoms with Gasteiger partial charge in [-0.25, -0.2) is 8.42 Å². The second-order valence-corrected chi connectivity index (χ2v) is 8.82. The summed E-state index contributed by atoms with van der Waals surface area (Å²) in [6.45, 7) is 4.15. The quantitative estimate of drug-likeness (QED) is 0.403. The fourth-order valence-corrected chi connectivity index (χ4v) is 3.94. The van der Waals surface area contributed by atoms with E-state index in [0.717, 1.165) is 36.6 Å². The van der Waals surface area contributed by atoms with Crippen LogP contribution in [-0.4, -0.2) is 47.8 Å². The predicted octanol–water partition coefficient (Wildman–Crippen LogP) is 2.59. The second kappa shape index (κ2) is 10.1. The van der Waals surface area contributed by atoms with Gasteiger partial charge in [-0.15, -0.1) is 0 Å². The normalized spacial score (nSPS) is 11.9. The molecule has 7 heteroatoms. The van der Waals surface area contributed by atoms with E-state index in [1.54, 1.807) is 13.1 Å². The average Bonchev–Trinajstić information content (AvgIpc) is 2.67. The van der Waals surface area contributed by atoms with Crippen molar-refractivity contribution in [2.75, 3.05) is 38.3 Å². The van der Waals surface area contributed by atoms with Crippen molar-refractivity contribution in [1.29, 1.82) is 0 Å². The van der Waals surface area contributed by atoms with Gasteiger partial charge in [0.25, 0.3) is 0 Å². The van der Waals surface area contributed by atoms with Crippen LogP contribution < -0.4 is 15.5 Å². The van der Waals surface area contributed by atoms with Gasteiger partial charge in [-0.05, 0) is 42.7 Å². The van der Waals surface area contributed by atoms with Crippen molar-refractivity contribution >= 4 is 21.5 Å². The minimum absolute atomic E-state index is 0.376. The van der Waals surface area contributed by atoms with Crippen molar-refractivity contribution in [3.05, 3.63) is 59.7 Å². The molecule has 2 N–H and O–H groups in total. The first-order chi connectivity index (χ1) is 13.3. The van der Waals surface area contributed by atoms with Crippen LogP contribution in [0.4, 0.5) is 5.69 Å². The number of guanidine groups is 1. The van der Waals surface area contributed by atoms with Gasteiger partial charge in [-0.3, -0.25) is 4.99 Å². The molecule has 0 spiro atoms. The predicted molar refractivity (Wildman–Crippen MR) is 117 cm³/mol. The van der Waals surface area contributed by atoms with E-state index in [9.17, 15) is 8.42 Å². The van der Waals surface area contributed by atoms with Crippen LogP contribution in [0.3, 0.4) is 0 Å². The van der Waals surface area contributed by atoms with Crippen molar-refractivity contribution in [1.82, 2.24) is 10.6 Å². The fourth-order valence-electron chi connectivity index (χ4n) is 2.98. The molecule has 0 bridgehead atoms. The molecule has 0 radical (unpaired) electrons. The molecule has 2 aromatic rings. The molecule has 0 amide bonds. The van der Waals surface area contributed by atoms with Gasteiger partial charge in [0, 0.05) is 45.7 Å². The van der Waals surface area contributed by atoms with E-state index in [4.69, 9.17) is 0 Å². The van der Waals surface area contributed by atoms with E-state index in [1.807, 2.05) is 37.3 Å². The third-order valence-corrected chi connectivity index (χ3v) is 5.74. The third kappa shape index (κ3) is 6.56. The lowest BCUT2D eigenvalue weighted by molar-refractivity contribution is 0.601. The highest BCUT2D eigenvalue weighted by Gasteiger charge is 2.11. The largest absolute Gasteiger partial charge is 0.375 e. The number of aryl methyl sites for hydroxylation is 1. The van der Waals surface area contributed by atoms with Crippen molar-refractivity contribution in [3.63, 3.8) is 0 Å². The molecule has 0 saturated carbocycles. The summed E-state index contributed by atoms with van der Waals surface area (Å²) in [6.07, 6.45) is 2.21. The highest BCUT2D eigenvalue weighted by atomic mass is 32.2.